The van der Waals surface area contributed by atoms with E-state index >= 15 is 0 Å². The van der Waals surface area contributed by atoms with Crippen molar-refractivity contribution < 1.29 is 63.2 Å². The van der Waals surface area contributed by atoms with E-state index in [-0.39, 0.29) is 0 Å². The zero-order chi connectivity index (χ0) is 30.6. The fraction of sp³-hybridized carbons (Fsp3) is 0.536. The van der Waals surface area contributed by atoms with Gasteiger partial charge in [-0.3, -0.25) is 14.4 Å². The molecule has 14 heteroatoms. The number of rotatable bonds is 9. The van der Waals surface area contributed by atoms with E-state index in [0.29, 0.717) is 0 Å². The molecule has 2 aromatic carbocycles. The van der Waals surface area contributed by atoms with Gasteiger partial charge in [-0.25, -0.2) is 0 Å². The molecule has 10 atom stereocenters. The molecule has 0 saturated carbocycles. The van der Waals surface area contributed by atoms with Crippen LogP contribution in [0.5, 0.6) is 0 Å². The minimum absolute atomic E-state index is 0.392. The Morgan fingerprint density at radius 3 is 2.10 bits per heavy atom. The molecule has 0 bridgehead atoms. The predicted molar refractivity (Wildman–Crippen MR) is 145 cm³/mol. The molecule has 2 aromatic rings. The summed E-state index contributed by atoms with van der Waals surface area (Å²) in [7, 11) is 0. The molecule has 2 aliphatic heterocycles. The highest BCUT2D eigenvalue weighted by Crippen LogP contribution is 2.39. The smallest absolute Gasteiger partial charge is 0.303 e. The van der Waals surface area contributed by atoms with Crippen molar-refractivity contribution in [2.75, 3.05) is 13.2 Å². The number of carbonyl (C=O) groups is 3. The lowest BCUT2D eigenvalue weighted by Gasteiger charge is -2.47. The molecule has 42 heavy (non-hydrogen) atoms. The van der Waals surface area contributed by atoms with E-state index in [1.54, 1.807) is 0 Å². The first kappa shape index (κ1) is 32.1. The van der Waals surface area contributed by atoms with Crippen LogP contribution in [0, 0.1) is 0 Å². The molecular weight excluding hydrogens is 576 g/mol. The summed E-state index contributed by atoms with van der Waals surface area (Å²) in [5, 5.41) is 42.6. The second kappa shape index (κ2) is 14.1. The van der Waals surface area contributed by atoms with Crippen molar-refractivity contribution in [3.8, 4) is 0 Å². The van der Waals surface area contributed by atoms with Gasteiger partial charge < -0.3 is 48.8 Å². The number of thioether (sulfide) groups is 1. The van der Waals surface area contributed by atoms with E-state index in [1.807, 2.05) is 42.5 Å². The SMILES string of the molecule is CC(=O)OC[C@H]1O[C@@H](Sc2ccc3ccccc3c2)[C@H](OC(C)=O)[C@@H](OC(C)=O)[C@@H]1O[C@@H]1O[C@H](CO)[C@H](O)[C@H](O)[C@H]1O. The van der Waals surface area contributed by atoms with E-state index < -0.39 is 91.7 Å². The van der Waals surface area contributed by atoms with Gasteiger partial charge in [-0.05, 0) is 22.9 Å². The van der Waals surface area contributed by atoms with Gasteiger partial charge in [-0.15, -0.1) is 0 Å². The standard InChI is InChI=1S/C28H34O13S/c1-13(30)36-12-20-24(41-27-23(35)22(34)21(33)19(11-29)39-27)25(37-14(2)31)26(38-15(3)32)28(40-20)42-18-9-8-16-6-4-5-7-17(16)10-18/h4-10,19-29,33-35H,11-12H2,1-3H3/t19-,20-,21+,22+,23-,24-,25+,26-,27+,28+/m1/s1. The van der Waals surface area contributed by atoms with Crippen molar-refractivity contribution in [3.05, 3.63) is 42.5 Å². The van der Waals surface area contributed by atoms with Crippen LogP contribution >= 0.6 is 11.8 Å². The van der Waals surface area contributed by atoms with Gasteiger partial charge in [0.25, 0.3) is 0 Å². The summed E-state index contributed by atoms with van der Waals surface area (Å²) in [5.41, 5.74) is -0.991. The Labute approximate surface area is 245 Å². The summed E-state index contributed by atoms with van der Waals surface area (Å²) in [6, 6.07) is 13.4. The lowest BCUT2D eigenvalue weighted by molar-refractivity contribution is -0.339. The molecule has 0 aromatic heterocycles. The number of aliphatic hydroxyl groups is 4. The Balaban J connectivity index is 1.70. The average molecular weight is 611 g/mol. The first-order chi connectivity index (χ1) is 20.0. The van der Waals surface area contributed by atoms with Gasteiger partial charge in [0, 0.05) is 25.7 Å². The molecule has 4 N–H and O–H groups in total. The van der Waals surface area contributed by atoms with Crippen LogP contribution < -0.4 is 0 Å². The quantitative estimate of drug-likeness (QED) is 0.224. The summed E-state index contributed by atoms with van der Waals surface area (Å²) in [5.74, 6) is -2.12. The highest BCUT2D eigenvalue weighted by atomic mass is 32.2. The zero-order valence-electron chi connectivity index (χ0n) is 23.1. The summed E-state index contributed by atoms with van der Waals surface area (Å²) < 4.78 is 34.1. The molecule has 230 valence electrons. The number of carbonyl (C=O) groups excluding carboxylic acids is 3. The maximum absolute atomic E-state index is 12.3. The summed E-state index contributed by atoms with van der Waals surface area (Å²) in [6.07, 6.45) is -13.3. The van der Waals surface area contributed by atoms with Crippen molar-refractivity contribution >= 4 is 40.4 Å². The minimum atomic E-state index is -1.80. The number of esters is 3. The molecule has 0 aliphatic carbocycles. The van der Waals surface area contributed by atoms with Crippen LogP contribution in [0.3, 0.4) is 0 Å². The van der Waals surface area contributed by atoms with Gasteiger partial charge in [0.05, 0.1) is 6.61 Å². The van der Waals surface area contributed by atoms with Crippen molar-refractivity contribution in [3.63, 3.8) is 0 Å². The summed E-state index contributed by atoms with van der Waals surface area (Å²) in [6.45, 7) is 2.38. The maximum Gasteiger partial charge on any atom is 0.303 e. The summed E-state index contributed by atoms with van der Waals surface area (Å²) >= 11 is 1.18. The Morgan fingerprint density at radius 1 is 0.786 bits per heavy atom. The number of hydrogen-bond acceptors (Lipinski definition) is 14. The van der Waals surface area contributed by atoms with Crippen LogP contribution in [0.25, 0.3) is 10.8 Å². The monoisotopic (exact) mass is 610 g/mol. The van der Waals surface area contributed by atoms with Crippen molar-refractivity contribution in [1.29, 1.82) is 0 Å². The molecule has 0 radical (unpaired) electrons. The van der Waals surface area contributed by atoms with Crippen LogP contribution in [0.1, 0.15) is 20.8 Å². The maximum atomic E-state index is 12.3. The third-order valence-corrected chi connectivity index (χ3v) is 7.90. The van der Waals surface area contributed by atoms with E-state index in [2.05, 4.69) is 0 Å². The Kier molecular flexibility index (Phi) is 10.8. The Bertz CT molecular complexity index is 1260. The molecule has 0 spiro atoms. The number of benzene rings is 2. The van der Waals surface area contributed by atoms with Gasteiger partial charge in [0.1, 0.15) is 48.7 Å². The minimum Gasteiger partial charge on any atom is -0.463 e. The van der Waals surface area contributed by atoms with Crippen LogP contribution in [-0.4, -0.2) is 112 Å². The van der Waals surface area contributed by atoms with Gasteiger partial charge in [-0.2, -0.15) is 0 Å². The van der Waals surface area contributed by atoms with Crippen LogP contribution in [0.15, 0.2) is 47.4 Å². The topological polar surface area (TPSA) is 188 Å². The van der Waals surface area contributed by atoms with E-state index in [4.69, 9.17) is 28.4 Å². The lowest BCUT2D eigenvalue weighted by Crippen LogP contribution is -2.65. The zero-order valence-corrected chi connectivity index (χ0v) is 23.9. The second-order valence-electron chi connectivity index (χ2n) is 9.92. The van der Waals surface area contributed by atoms with Gasteiger partial charge in [-0.1, -0.05) is 42.1 Å². The van der Waals surface area contributed by atoms with Crippen molar-refractivity contribution in [2.24, 2.45) is 0 Å². The highest BCUT2D eigenvalue weighted by molar-refractivity contribution is 7.99. The predicted octanol–water partition coefficient (Wildman–Crippen LogP) is 0.268. The normalized spacial score (nSPS) is 33.1. The van der Waals surface area contributed by atoms with Crippen LogP contribution in [-0.2, 0) is 42.8 Å². The highest BCUT2D eigenvalue weighted by Gasteiger charge is 2.54. The molecule has 2 saturated heterocycles. The molecule has 0 unspecified atom stereocenters. The Hall–Kier alpha value is -2.82. The molecule has 13 nitrogen and oxygen atoms in total. The molecule has 2 aliphatic rings. The summed E-state index contributed by atoms with van der Waals surface area (Å²) in [4.78, 5) is 37.0. The lowest BCUT2D eigenvalue weighted by atomic mass is 9.97. The first-order valence-corrected chi connectivity index (χ1v) is 14.1. The van der Waals surface area contributed by atoms with Gasteiger partial charge in [0.2, 0.25) is 0 Å². The van der Waals surface area contributed by atoms with Crippen LogP contribution in [0.2, 0.25) is 0 Å². The van der Waals surface area contributed by atoms with Gasteiger partial charge >= 0.3 is 17.9 Å². The fourth-order valence-corrected chi connectivity index (χ4v) is 5.98. The third kappa shape index (κ3) is 7.57. The third-order valence-electron chi connectivity index (χ3n) is 6.76. The molecule has 2 heterocycles. The van der Waals surface area contributed by atoms with E-state index in [0.717, 1.165) is 22.6 Å². The second-order valence-corrected chi connectivity index (χ2v) is 11.1. The molecule has 0 amide bonds. The van der Waals surface area contributed by atoms with E-state index in [1.165, 1.54) is 25.6 Å². The van der Waals surface area contributed by atoms with Gasteiger partial charge in [0.15, 0.2) is 18.5 Å². The van der Waals surface area contributed by atoms with Crippen LogP contribution in [0.4, 0.5) is 0 Å². The van der Waals surface area contributed by atoms with Crippen molar-refractivity contribution in [1.82, 2.24) is 0 Å². The fourth-order valence-electron chi connectivity index (χ4n) is 4.82. The first-order valence-electron chi connectivity index (χ1n) is 13.2. The largest absolute Gasteiger partial charge is 0.463 e. The number of aliphatic hydroxyl groups excluding tert-OH is 4. The van der Waals surface area contributed by atoms with E-state index in [9.17, 15) is 34.8 Å². The average Bonchev–Trinajstić information content (AvgIpc) is 2.94. The molecular formula is C28H34O13S. The van der Waals surface area contributed by atoms with Crippen molar-refractivity contribution in [2.45, 2.75) is 86.2 Å². The number of hydrogen-bond donors (Lipinski definition) is 4. The molecule has 4 rings (SSSR count). The molecule has 2 fully saturated rings. The number of ether oxygens (including phenoxy) is 6. The number of fused-ring (bicyclic) bond motifs is 1. The Morgan fingerprint density at radius 2 is 1.45 bits per heavy atom.